The van der Waals surface area contributed by atoms with Gasteiger partial charge in [0.2, 0.25) is 5.91 Å². The first kappa shape index (κ1) is 18.2. The van der Waals surface area contributed by atoms with Crippen molar-refractivity contribution in [1.82, 2.24) is 9.80 Å². The van der Waals surface area contributed by atoms with Gasteiger partial charge in [-0.05, 0) is 42.7 Å². The molecule has 3 heterocycles. The number of rotatable bonds is 5. The molecular formula is C22H26N2O2S. The first-order valence-corrected chi connectivity index (χ1v) is 10.7. The Bertz CT molecular complexity index is 780. The normalized spacial score (nSPS) is 19.0. The Morgan fingerprint density at radius 1 is 1.11 bits per heavy atom. The van der Waals surface area contributed by atoms with Gasteiger partial charge in [0.25, 0.3) is 5.91 Å². The number of aryl methyl sites for hydroxylation is 1. The van der Waals surface area contributed by atoms with Crippen LogP contribution in [0.25, 0.3) is 0 Å². The number of thiophene rings is 1. The Balaban J connectivity index is 1.28. The Kier molecular flexibility index (Phi) is 5.30. The molecular weight excluding hydrogens is 356 g/mol. The van der Waals surface area contributed by atoms with Crippen molar-refractivity contribution in [3.8, 4) is 0 Å². The Morgan fingerprint density at radius 2 is 1.89 bits per heavy atom. The van der Waals surface area contributed by atoms with E-state index in [4.69, 9.17) is 0 Å². The van der Waals surface area contributed by atoms with E-state index in [9.17, 15) is 9.59 Å². The molecule has 5 heteroatoms. The second-order valence-corrected chi connectivity index (χ2v) is 8.67. The fourth-order valence-electron chi connectivity index (χ4n) is 4.39. The zero-order valence-electron chi connectivity index (χ0n) is 15.6. The maximum Gasteiger partial charge on any atom is 0.254 e. The molecule has 0 radical (unpaired) electrons. The first-order valence-electron chi connectivity index (χ1n) is 9.78. The van der Waals surface area contributed by atoms with Crippen molar-refractivity contribution in [2.45, 2.75) is 32.1 Å². The summed E-state index contributed by atoms with van der Waals surface area (Å²) >= 11 is 1.56. The number of hydrogen-bond acceptors (Lipinski definition) is 3. The quantitative estimate of drug-likeness (QED) is 0.788. The van der Waals surface area contributed by atoms with Crippen LogP contribution in [0.5, 0.6) is 0 Å². The lowest BCUT2D eigenvalue weighted by Gasteiger charge is -2.38. The highest BCUT2D eigenvalue weighted by Gasteiger charge is 2.45. The van der Waals surface area contributed by atoms with Crippen LogP contribution >= 0.6 is 11.3 Å². The maximum absolute atomic E-state index is 12.5. The van der Waals surface area contributed by atoms with Gasteiger partial charge in [-0.25, -0.2) is 0 Å². The molecule has 27 heavy (non-hydrogen) atoms. The summed E-state index contributed by atoms with van der Waals surface area (Å²) in [6.45, 7) is 3.23. The average Bonchev–Trinajstić information content (AvgIpc) is 3.32. The lowest BCUT2D eigenvalue weighted by atomic mass is 9.77. The minimum absolute atomic E-state index is 0.0786. The van der Waals surface area contributed by atoms with Gasteiger partial charge in [-0.15, -0.1) is 0 Å². The summed E-state index contributed by atoms with van der Waals surface area (Å²) in [6, 6.07) is 12.4. The number of amides is 2. The topological polar surface area (TPSA) is 40.6 Å². The van der Waals surface area contributed by atoms with Crippen molar-refractivity contribution in [3.05, 3.63) is 58.3 Å². The molecule has 1 aromatic carbocycles. The number of benzene rings is 1. The van der Waals surface area contributed by atoms with Crippen LogP contribution in [0.4, 0.5) is 0 Å². The van der Waals surface area contributed by atoms with E-state index in [0.717, 1.165) is 57.4 Å². The minimum atomic E-state index is 0.0786. The average molecular weight is 383 g/mol. The molecule has 2 aromatic rings. The van der Waals surface area contributed by atoms with Gasteiger partial charge in [-0.2, -0.15) is 11.3 Å². The Hall–Kier alpha value is -2.14. The van der Waals surface area contributed by atoms with Gasteiger partial charge in [0.05, 0.1) is 5.56 Å². The van der Waals surface area contributed by atoms with Gasteiger partial charge >= 0.3 is 0 Å². The van der Waals surface area contributed by atoms with Crippen LogP contribution in [-0.4, -0.2) is 47.8 Å². The maximum atomic E-state index is 12.5. The van der Waals surface area contributed by atoms with Crippen LogP contribution in [-0.2, 0) is 11.2 Å². The zero-order valence-corrected chi connectivity index (χ0v) is 16.4. The SMILES string of the molecule is O=C1CC2(CCN(C(=O)c3ccsc3)CC2)CN1CCCc1ccccc1. The van der Waals surface area contributed by atoms with Gasteiger partial charge in [-0.1, -0.05) is 30.3 Å². The van der Waals surface area contributed by atoms with Gasteiger partial charge in [0.1, 0.15) is 0 Å². The van der Waals surface area contributed by atoms with Crippen LogP contribution < -0.4 is 0 Å². The number of piperidine rings is 1. The molecule has 2 fully saturated rings. The van der Waals surface area contributed by atoms with Gasteiger partial charge in [0, 0.05) is 43.4 Å². The van der Waals surface area contributed by atoms with E-state index >= 15 is 0 Å². The molecule has 2 aliphatic rings. The molecule has 0 aliphatic carbocycles. The zero-order chi connectivity index (χ0) is 18.7. The summed E-state index contributed by atoms with van der Waals surface area (Å²) in [5.41, 5.74) is 2.20. The van der Waals surface area contributed by atoms with E-state index in [1.165, 1.54) is 5.56 Å². The Labute approximate surface area is 164 Å². The molecule has 0 saturated carbocycles. The van der Waals surface area contributed by atoms with Crippen molar-refractivity contribution in [1.29, 1.82) is 0 Å². The molecule has 1 aromatic heterocycles. The highest BCUT2D eigenvalue weighted by atomic mass is 32.1. The second kappa shape index (κ2) is 7.85. The molecule has 1 spiro atoms. The molecule has 4 rings (SSSR count). The molecule has 142 valence electrons. The largest absolute Gasteiger partial charge is 0.342 e. The molecule has 0 bridgehead atoms. The van der Waals surface area contributed by atoms with E-state index in [-0.39, 0.29) is 11.3 Å². The third-order valence-electron chi connectivity index (χ3n) is 6.02. The number of hydrogen-bond donors (Lipinski definition) is 0. The Morgan fingerprint density at radius 3 is 2.59 bits per heavy atom. The smallest absolute Gasteiger partial charge is 0.254 e. The highest BCUT2D eigenvalue weighted by Crippen LogP contribution is 2.41. The van der Waals surface area contributed by atoms with Crippen LogP contribution in [0.1, 0.15) is 41.6 Å². The van der Waals surface area contributed by atoms with E-state index in [0.29, 0.717) is 12.3 Å². The van der Waals surface area contributed by atoms with Crippen molar-refractivity contribution in [2.24, 2.45) is 5.41 Å². The van der Waals surface area contributed by atoms with E-state index < -0.39 is 0 Å². The summed E-state index contributed by atoms with van der Waals surface area (Å²) in [5.74, 6) is 0.427. The van der Waals surface area contributed by atoms with Crippen LogP contribution in [0.2, 0.25) is 0 Å². The van der Waals surface area contributed by atoms with Crippen LogP contribution in [0.3, 0.4) is 0 Å². The fourth-order valence-corrected chi connectivity index (χ4v) is 5.02. The van der Waals surface area contributed by atoms with Crippen molar-refractivity contribution < 1.29 is 9.59 Å². The molecule has 2 amide bonds. The molecule has 0 atom stereocenters. The fraction of sp³-hybridized carbons (Fsp3) is 0.455. The molecule has 2 aliphatic heterocycles. The van der Waals surface area contributed by atoms with E-state index in [1.807, 2.05) is 27.8 Å². The second-order valence-electron chi connectivity index (χ2n) is 7.89. The molecule has 2 saturated heterocycles. The van der Waals surface area contributed by atoms with E-state index in [1.54, 1.807) is 11.3 Å². The molecule has 0 unspecified atom stereocenters. The van der Waals surface area contributed by atoms with Crippen molar-refractivity contribution in [2.75, 3.05) is 26.2 Å². The number of carbonyl (C=O) groups is 2. The third-order valence-corrected chi connectivity index (χ3v) is 6.70. The molecule has 4 nitrogen and oxygen atoms in total. The predicted molar refractivity (Wildman–Crippen MR) is 108 cm³/mol. The van der Waals surface area contributed by atoms with Crippen molar-refractivity contribution in [3.63, 3.8) is 0 Å². The monoisotopic (exact) mass is 382 g/mol. The standard InChI is InChI=1S/C22H26N2O2S/c25-20-15-22(17-24(20)11-4-7-18-5-2-1-3-6-18)9-12-23(13-10-22)21(26)19-8-14-27-16-19/h1-3,5-6,8,14,16H,4,7,9-13,15,17H2. The first-order chi connectivity index (χ1) is 13.2. The lowest BCUT2D eigenvalue weighted by Crippen LogP contribution is -2.44. The van der Waals surface area contributed by atoms with E-state index in [2.05, 4.69) is 29.2 Å². The van der Waals surface area contributed by atoms with Crippen LogP contribution in [0, 0.1) is 5.41 Å². The number of carbonyl (C=O) groups excluding carboxylic acids is 2. The van der Waals surface area contributed by atoms with Gasteiger partial charge in [0.15, 0.2) is 0 Å². The predicted octanol–water partition coefficient (Wildman–Crippen LogP) is 3.84. The third kappa shape index (κ3) is 4.08. The van der Waals surface area contributed by atoms with Crippen LogP contribution in [0.15, 0.2) is 47.2 Å². The summed E-state index contributed by atoms with van der Waals surface area (Å²) in [7, 11) is 0. The minimum Gasteiger partial charge on any atom is -0.342 e. The molecule has 0 N–H and O–H groups in total. The highest BCUT2D eigenvalue weighted by molar-refractivity contribution is 7.08. The number of nitrogens with zero attached hydrogens (tertiary/aromatic N) is 2. The number of likely N-dealkylation sites (tertiary alicyclic amines) is 2. The lowest BCUT2D eigenvalue weighted by molar-refractivity contribution is -0.127. The van der Waals surface area contributed by atoms with Gasteiger partial charge in [-0.3, -0.25) is 9.59 Å². The summed E-state index contributed by atoms with van der Waals surface area (Å²) in [4.78, 5) is 29.1. The van der Waals surface area contributed by atoms with Gasteiger partial charge < -0.3 is 9.80 Å². The summed E-state index contributed by atoms with van der Waals surface area (Å²) < 4.78 is 0. The summed E-state index contributed by atoms with van der Waals surface area (Å²) in [5, 5.41) is 3.86. The summed E-state index contributed by atoms with van der Waals surface area (Å²) in [6.07, 6.45) is 4.54. The van der Waals surface area contributed by atoms with Crippen molar-refractivity contribution >= 4 is 23.2 Å².